The minimum atomic E-state index is -0.698. The molecule has 2 aromatic rings. The Balaban J connectivity index is 1.81. The third-order valence-corrected chi connectivity index (χ3v) is 4.12. The lowest BCUT2D eigenvalue weighted by Crippen LogP contribution is -2.30. The number of methoxy groups -OCH3 is 1. The fourth-order valence-corrected chi connectivity index (χ4v) is 2.66. The highest BCUT2D eigenvalue weighted by Crippen LogP contribution is 2.27. The van der Waals surface area contributed by atoms with Crippen molar-refractivity contribution < 1.29 is 28.5 Å². The number of urea groups is 1. The fourth-order valence-electron chi connectivity index (χ4n) is 2.47. The van der Waals surface area contributed by atoms with E-state index in [9.17, 15) is 24.5 Å². The second-order valence-electron chi connectivity index (χ2n) is 5.60. The van der Waals surface area contributed by atoms with Crippen molar-refractivity contribution in [1.29, 1.82) is 0 Å². The summed E-state index contributed by atoms with van der Waals surface area (Å²) in [6.45, 7) is -0.209. The van der Waals surface area contributed by atoms with E-state index in [4.69, 9.17) is 16.0 Å². The van der Waals surface area contributed by atoms with Crippen LogP contribution in [0.2, 0.25) is 5.02 Å². The van der Waals surface area contributed by atoms with E-state index in [0.717, 1.165) is 4.90 Å². The van der Waals surface area contributed by atoms with Gasteiger partial charge in [0.25, 0.3) is 11.6 Å². The zero-order chi connectivity index (χ0) is 20.4. The number of carbonyl (C=O) groups excluding carboxylic acids is 3. The Morgan fingerprint density at radius 2 is 2.11 bits per heavy atom. The number of amides is 3. The van der Waals surface area contributed by atoms with Crippen molar-refractivity contribution in [2.45, 2.75) is 6.54 Å². The number of hydrogen-bond donors (Lipinski definition) is 1. The Bertz CT molecular complexity index is 1030. The van der Waals surface area contributed by atoms with E-state index in [0.29, 0.717) is 5.56 Å². The van der Waals surface area contributed by atoms with Gasteiger partial charge < -0.3 is 14.5 Å². The number of ether oxygens (including phenoxy) is 1. The molecule has 11 heteroatoms. The van der Waals surface area contributed by atoms with Crippen molar-refractivity contribution in [2.75, 3.05) is 7.11 Å². The molecular weight excluding hydrogens is 394 g/mol. The maximum atomic E-state index is 12.5. The van der Waals surface area contributed by atoms with Crippen LogP contribution in [0.3, 0.4) is 0 Å². The lowest BCUT2D eigenvalue weighted by atomic mass is 10.1. The van der Waals surface area contributed by atoms with Crippen LogP contribution in [0.4, 0.5) is 10.5 Å². The smallest absolute Gasteiger partial charge is 0.373 e. The van der Waals surface area contributed by atoms with Crippen LogP contribution in [0.15, 0.2) is 40.4 Å². The van der Waals surface area contributed by atoms with Gasteiger partial charge in [0.2, 0.25) is 5.76 Å². The number of carbonyl (C=O) groups is 3. The van der Waals surface area contributed by atoms with Crippen LogP contribution in [0.1, 0.15) is 21.9 Å². The predicted molar refractivity (Wildman–Crippen MR) is 95.2 cm³/mol. The molecular formula is C17H12ClN3O7. The van der Waals surface area contributed by atoms with Gasteiger partial charge in [-0.1, -0.05) is 17.7 Å². The van der Waals surface area contributed by atoms with Gasteiger partial charge in [0.05, 0.1) is 18.6 Å². The van der Waals surface area contributed by atoms with E-state index >= 15 is 0 Å². The van der Waals surface area contributed by atoms with Crippen molar-refractivity contribution in [3.8, 4) is 0 Å². The molecule has 1 aromatic carbocycles. The number of halogens is 1. The van der Waals surface area contributed by atoms with Gasteiger partial charge in [-0.2, -0.15) is 0 Å². The van der Waals surface area contributed by atoms with Crippen LogP contribution in [0.5, 0.6) is 0 Å². The Hall–Kier alpha value is -3.66. The van der Waals surface area contributed by atoms with Crippen LogP contribution < -0.4 is 5.32 Å². The second-order valence-corrected chi connectivity index (χ2v) is 6.01. The first-order valence-corrected chi connectivity index (χ1v) is 8.13. The van der Waals surface area contributed by atoms with E-state index in [-0.39, 0.29) is 34.5 Å². The summed E-state index contributed by atoms with van der Waals surface area (Å²) in [5.74, 6) is -1.20. The summed E-state index contributed by atoms with van der Waals surface area (Å²) in [6.07, 6.45) is 1.30. The van der Waals surface area contributed by atoms with Crippen LogP contribution in [0.25, 0.3) is 6.08 Å². The van der Waals surface area contributed by atoms with E-state index in [1.165, 1.54) is 43.5 Å². The maximum Gasteiger partial charge on any atom is 0.373 e. The first-order valence-electron chi connectivity index (χ1n) is 7.75. The summed E-state index contributed by atoms with van der Waals surface area (Å²) in [4.78, 5) is 47.2. The van der Waals surface area contributed by atoms with Gasteiger partial charge in [-0.3, -0.25) is 19.8 Å². The van der Waals surface area contributed by atoms with Gasteiger partial charge in [-0.25, -0.2) is 9.59 Å². The molecule has 1 aliphatic rings. The fraction of sp³-hybridized carbons (Fsp3) is 0.118. The van der Waals surface area contributed by atoms with E-state index in [1.807, 2.05) is 0 Å². The topological polar surface area (TPSA) is 132 Å². The number of nitro groups is 1. The predicted octanol–water partition coefficient (Wildman–Crippen LogP) is 2.72. The molecule has 1 fully saturated rings. The molecule has 3 amide bonds. The summed E-state index contributed by atoms with van der Waals surface area (Å²) in [5.41, 5.74) is -0.0792. The standard InChI is InChI=1S/C17H12ClN3O7/c1-27-16(23)14-5-3-10(28-14)8-20-15(22)12(19-17(20)24)6-9-2-4-11(18)13(7-9)21(25)26/h2-7H,8H2,1H3,(H,19,24)/b12-6-. The van der Waals surface area contributed by atoms with Crippen LogP contribution in [0, 0.1) is 10.1 Å². The van der Waals surface area contributed by atoms with Gasteiger partial charge >= 0.3 is 12.0 Å². The summed E-state index contributed by atoms with van der Waals surface area (Å²) in [7, 11) is 1.19. The number of esters is 1. The average Bonchev–Trinajstić information content (AvgIpc) is 3.23. The quantitative estimate of drug-likeness (QED) is 0.266. The summed E-state index contributed by atoms with van der Waals surface area (Å²) < 4.78 is 9.77. The Kier molecular flexibility index (Phi) is 5.14. The molecule has 144 valence electrons. The molecule has 1 saturated heterocycles. The highest BCUT2D eigenvalue weighted by atomic mass is 35.5. The van der Waals surface area contributed by atoms with Crippen molar-refractivity contribution in [2.24, 2.45) is 0 Å². The van der Waals surface area contributed by atoms with E-state index in [2.05, 4.69) is 10.1 Å². The minimum Gasteiger partial charge on any atom is -0.463 e. The summed E-state index contributed by atoms with van der Waals surface area (Å²) >= 11 is 5.76. The van der Waals surface area contributed by atoms with Crippen molar-refractivity contribution in [1.82, 2.24) is 10.2 Å². The third kappa shape index (κ3) is 3.71. The summed E-state index contributed by atoms with van der Waals surface area (Å²) in [5, 5.41) is 13.3. The molecule has 0 saturated carbocycles. The molecule has 2 heterocycles. The van der Waals surface area contributed by atoms with Crippen LogP contribution in [-0.2, 0) is 16.1 Å². The molecule has 0 unspecified atom stereocenters. The maximum absolute atomic E-state index is 12.5. The molecule has 0 spiro atoms. The largest absolute Gasteiger partial charge is 0.463 e. The number of nitrogens with one attached hydrogen (secondary N) is 1. The number of rotatable bonds is 5. The number of imide groups is 1. The number of benzene rings is 1. The van der Waals surface area contributed by atoms with E-state index < -0.39 is 22.8 Å². The summed E-state index contributed by atoms with van der Waals surface area (Å²) in [6, 6.07) is 6.09. The number of hydrogen-bond acceptors (Lipinski definition) is 7. The van der Waals surface area contributed by atoms with Gasteiger partial charge in [0, 0.05) is 6.07 Å². The molecule has 0 atom stereocenters. The van der Waals surface area contributed by atoms with E-state index in [1.54, 1.807) is 0 Å². The first kappa shape index (κ1) is 19.1. The number of nitrogens with zero attached hydrogens (tertiary/aromatic N) is 2. The molecule has 0 radical (unpaired) electrons. The number of nitro benzene ring substituents is 1. The monoisotopic (exact) mass is 405 g/mol. The zero-order valence-electron chi connectivity index (χ0n) is 14.3. The molecule has 28 heavy (non-hydrogen) atoms. The lowest BCUT2D eigenvalue weighted by Gasteiger charge is -2.09. The molecule has 1 aromatic heterocycles. The number of furan rings is 1. The van der Waals surface area contributed by atoms with Gasteiger partial charge in [0.15, 0.2) is 0 Å². The van der Waals surface area contributed by atoms with Crippen molar-refractivity contribution in [3.05, 3.63) is 68.2 Å². The van der Waals surface area contributed by atoms with Gasteiger partial charge in [0.1, 0.15) is 16.5 Å². The lowest BCUT2D eigenvalue weighted by molar-refractivity contribution is -0.384. The Morgan fingerprint density at radius 1 is 1.36 bits per heavy atom. The molecule has 3 rings (SSSR count). The molecule has 1 N–H and O–H groups in total. The van der Waals surface area contributed by atoms with Crippen molar-refractivity contribution in [3.63, 3.8) is 0 Å². The third-order valence-electron chi connectivity index (χ3n) is 3.80. The first-order chi connectivity index (χ1) is 13.3. The SMILES string of the molecule is COC(=O)c1ccc(CN2C(=O)N/C(=C\c3ccc(Cl)c([N+](=O)[O-])c3)C2=O)o1. The highest BCUT2D eigenvalue weighted by Gasteiger charge is 2.34. The Morgan fingerprint density at radius 3 is 2.79 bits per heavy atom. The molecule has 10 nitrogen and oxygen atoms in total. The molecule has 1 aliphatic heterocycles. The van der Waals surface area contributed by atoms with Crippen LogP contribution >= 0.6 is 11.6 Å². The highest BCUT2D eigenvalue weighted by molar-refractivity contribution is 6.32. The van der Waals surface area contributed by atoms with Crippen LogP contribution in [-0.4, -0.2) is 34.8 Å². The molecule has 0 aliphatic carbocycles. The minimum absolute atomic E-state index is 0.0465. The average molecular weight is 406 g/mol. The zero-order valence-corrected chi connectivity index (χ0v) is 15.1. The molecule has 0 bridgehead atoms. The van der Waals surface area contributed by atoms with Gasteiger partial charge in [-0.15, -0.1) is 0 Å². The van der Waals surface area contributed by atoms with Crippen molar-refractivity contribution >= 4 is 41.3 Å². The Labute approximate surface area is 162 Å². The van der Waals surface area contributed by atoms with Gasteiger partial charge in [-0.05, 0) is 29.8 Å². The second kappa shape index (κ2) is 7.53. The normalized spacial score (nSPS) is 15.1.